The highest BCUT2D eigenvalue weighted by Crippen LogP contribution is 2.25. The molecule has 0 aliphatic heterocycles. The highest BCUT2D eigenvalue weighted by atomic mass is 19.1. The average Bonchev–Trinajstić information content (AvgIpc) is 2.16. The van der Waals surface area contributed by atoms with Gasteiger partial charge < -0.3 is 10.8 Å². The van der Waals surface area contributed by atoms with Crippen LogP contribution in [0.15, 0.2) is 18.2 Å². The van der Waals surface area contributed by atoms with Crippen molar-refractivity contribution < 1.29 is 14.4 Å². The summed E-state index contributed by atoms with van der Waals surface area (Å²) >= 11 is 0. The van der Waals surface area contributed by atoms with E-state index in [1.807, 2.05) is 0 Å². The maximum absolute atomic E-state index is 12.7. The minimum Gasteiger partial charge on any atom is -0.387 e. The first-order chi connectivity index (χ1) is 6.56. The molecule has 0 aliphatic carbocycles. The van der Waals surface area contributed by atoms with Crippen molar-refractivity contribution in [2.45, 2.75) is 6.10 Å². The number of halogens is 1. The summed E-state index contributed by atoms with van der Waals surface area (Å²) in [7, 11) is 0. The lowest BCUT2D eigenvalue weighted by molar-refractivity contribution is -0.386. The summed E-state index contributed by atoms with van der Waals surface area (Å²) in [5.41, 5.74) is 4.70. The van der Waals surface area contributed by atoms with Crippen LogP contribution in [0, 0.1) is 15.9 Å². The first kappa shape index (κ1) is 10.6. The van der Waals surface area contributed by atoms with Crippen molar-refractivity contribution in [2.75, 3.05) is 6.54 Å². The van der Waals surface area contributed by atoms with Crippen LogP contribution in [0.1, 0.15) is 11.7 Å². The molecule has 0 aliphatic rings. The maximum Gasteiger partial charge on any atom is 0.275 e. The van der Waals surface area contributed by atoms with Crippen LogP contribution >= 0.6 is 0 Å². The van der Waals surface area contributed by atoms with Gasteiger partial charge in [0.1, 0.15) is 5.82 Å². The summed E-state index contributed by atoms with van der Waals surface area (Å²) < 4.78 is 12.7. The highest BCUT2D eigenvalue weighted by Gasteiger charge is 2.19. The number of benzene rings is 1. The molecule has 0 aromatic heterocycles. The number of nitrogens with zero attached hydrogens (tertiary/aromatic N) is 1. The van der Waals surface area contributed by atoms with Crippen molar-refractivity contribution in [3.8, 4) is 0 Å². The molecule has 76 valence electrons. The van der Waals surface area contributed by atoms with E-state index < -0.39 is 16.8 Å². The average molecular weight is 200 g/mol. The van der Waals surface area contributed by atoms with E-state index in [-0.39, 0.29) is 17.8 Å². The molecule has 1 aromatic rings. The van der Waals surface area contributed by atoms with E-state index in [1.54, 1.807) is 0 Å². The Morgan fingerprint density at radius 3 is 2.79 bits per heavy atom. The van der Waals surface area contributed by atoms with Crippen LogP contribution in [0.5, 0.6) is 0 Å². The molecule has 0 heterocycles. The number of nitro benzene ring substituents is 1. The predicted molar refractivity (Wildman–Crippen MR) is 47.1 cm³/mol. The van der Waals surface area contributed by atoms with Crippen molar-refractivity contribution in [2.24, 2.45) is 5.73 Å². The molecule has 0 spiro atoms. The second-order valence-corrected chi connectivity index (χ2v) is 2.71. The van der Waals surface area contributed by atoms with Crippen molar-refractivity contribution in [1.29, 1.82) is 0 Å². The highest BCUT2D eigenvalue weighted by molar-refractivity contribution is 5.41. The van der Waals surface area contributed by atoms with Gasteiger partial charge in [-0.2, -0.15) is 0 Å². The lowest BCUT2D eigenvalue weighted by atomic mass is 10.1. The number of nitrogens with two attached hydrogens (primary N) is 1. The second kappa shape index (κ2) is 4.12. The van der Waals surface area contributed by atoms with Gasteiger partial charge in [-0.1, -0.05) is 0 Å². The van der Waals surface area contributed by atoms with Crippen molar-refractivity contribution >= 4 is 5.69 Å². The molecule has 14 heavy (non-hydrogen) atoms. The molecule has 1 aromatic carbocycles. The Hall–Kier alpha value is -1.53. The molecule has 0 bridgehead atoms. The zero-order valence-electron chi connectivity index (χ0n) is 7.18. The predicted octanol–water partition coefficient (Wildman–Crippen LogP) is 0.726. The maximum atomic E-state index is 12.7. The van der Waals surface area contributed by atoms with Crippen LogP contribution in [0.4, 0.5) is 10.1 Å². The minimum atomic E-state index is -1.22. The molecule has 0 radical (unpaired) electrons. The summed E-state index contributed by atoms with van der Waals surface area (Å²) in [4.78, 5) is 9.80. The number of rotatable bonds is 3. The van der Waals surface area contributed by atoms with E-state index in [1.165, 1.54) is 0 Å². The van der Waals surface area contributed by atoms with Crippen LogP contribution in [-0.2, 0) is 0 Å². The molecular weight excluding hydrogens is 191 g/mol. The fraction of sp³-hybridized carbons (Fsp3) is 0.250. The lowest BCUT2D eigenvalue weighted by Gasteiger charge is -2.08. The lowest BCUT2D eigenvalue weighted by Crippen LogP contribution is -2.13. The fourth-order valence-corrected chi connectivity index (χ4v) is 1.09. The second-order valence-electron chi connectivity index (χ2n) is 2.71. The van der Waals surface area contributed by atoms with Crippen LogP contribution in [-0.4, -0.2) is 16.6 Å². The normalized spacial score (nSPS) is 12.5. The van der Waals surface area contributed by atoms with Gasteiger partial charge in [-0.15, -0.1) is 0 Å². The van der Waals surface area contributed by atoms with Crippen molar-refractivity contribution in [1.82, 2.24) is 0 Å². The zero-order valence-corrected chi connectivity index (χ0v) is 7.18. The van der Waals surface area contributed by atoms with Gasteiger partial charge in [0, 0.05) is 12.6 Å². The Labute approximate surface area is 79.1 Å². The molecule has 6 heteroatoms. The molecule has 1 rings (SSSR count). The monoisotopic (exact) mass is 200 g/mol. The molecular formula is C8H9FN2O3. The summed E-state index contributed by atoms with van der Waals surface area (Å²) in [6.07, 6.45) is -1.22. The van der Waals surface area contributed by atoms with Gasteiger partial charge in [0.2, 0.25) is 0 Å². The number of nitro groups is 1. The molecule has 1 atom stereocenters. The van der Waals surface area contributed by atoms with E-state index in [0.29, 0.717) is 0 Å². The molecule has 0 unspecified atom stereocenters. The van der Waals surface area contributed by atoms with Gasteiger partial charge >= 0.3 is 0 Å². The Bertz CT molecular complexity index is 356. The van der Waals surface area contributed by atoms with E-state index in [4.69, 9.17) is 5.73 Å². The number of hydrogen-bond donors (Lipinski definition) is 2. The van der Waals surface area contributed by atoms with Crippen LogP contribution < -0.4 is 5.73 Å². The molecule has 0 saturated carbocycles. The SMILES string of the molecule is NC[C@@H](O)c1cc(F)ccc1[N+](=O)[O-]. The molecule has 0 fully saturated rings. The van der Waals surface area contributed by atoms with Crippen molar-refractivity contribution in [3.05, 3.63) is 39.7 Å². The Morgan fingerprint density at radius 1 is 1.64 bits per heavy atom. The third-order valence-electron chi connectivity index (χ3n) is 1.77. The number of hydrogen-bond acceptors (Lipinski definition) is 4. The molecule has 0 amide bonds. The van der Waals surface area contributed by atoms with Crippen LogP contribution in [0.3, 0.4) is 0 Å². The topological polar surface area (TPSA) is 89.4 Å². The largest absolute Gasteiger partial charge is 0.387 e. The first-order valence-electron chi connectivity index (χ1n) is 3.88. The van der Waals surface area contributed by atoms with Crippen LogP contribution in [0.25, 0.3) is 0 Å². The number of aliphatic hydroxyl groups is 1. The minimum absolute atomic E-state index is 0.0995. The van der Waals surface area contributed by atoms with E-state index in [0.717, 1.165) is 18.2 Å². The van der Waals surface area contributed by atoms with Gasteiger partial charge in [-0.25, -0.2) is 4.39 Å². The zero-order chi connectivity index (χ0) is 10.7. The van der Waals surface area contributed by atoms with E-state index >= 15 is 0 Å². The van der Waals surface area contributed by atoms with Gasteiger partial charge in [0.25, 0.3) is 5.69 Å². The van der Waals surface area contributed by atoms with Crippen LogP contribution in [0.2, 0.25) is 0 Å². The first-order valence-corrected chi connectivity index (χ1v) is 3.88. The quantitative estimate of drug-likeness (QED) is 0.555. The van der Waals surface area contributed by atoms with Crippen molar-refractivity contribution in [3.63, 3.8) is 0 Å². The third kappa shape index (κ3) is 2.04. The van der Waals surface area contributed by atoms with Gasteiger partial charge in [-0.3, -0.25) is 10.1 Å². The third-order valence-corrected chi connectivity index (χ3v) is 1.77. The Morgan fingerprint density at radius 2 is 2.29 bits per heavy atom. The Balaban J connectivity index is 3.22. The smallest absolute Gasteiger partial charge is 0.275 e. The number of aliphatic hydroxyl groups excluding tert-OH is 1. The standard InChI is InChI=1S/C8H9FN2O3/c9-5-1-2-7(11(13)14)6(3-5)8(12)4-10/h1-3,8,12H,4,10H2/t8-/m1/s1. The summed E-state index contributed by atoms with van der Waals surface area (Å²) in [5.74, 6) is -0.641. The van der Waals surface area contributed by atoms with Gasteiger partial charge in [0.05, 0.1) is 16.6 Å². The van der Waals surface area contributed by atoms with E-state index in [9.17, 15) is 19.6 Å². The molecule has 5 nitrogen and oxygen atoms in total. The van der Waals surface area contributed by atoms with Gasteiger partial charge in [0.15, 0.2) is 0 Å². The molecule has 0 saturated heterocycles. The molecule has 3 N–H and O–H groups in total. The Kier molecular flexibility index (Phi) is 3.10. The van der Waals surface area contributed by atoms with E-state index in [2.05, 4.69) is 0 Å². The summed E-state index contributed by atoms with van der Waals surface area (Å²) in [6.45, 7) is -0.190. The fourth-order valence-electron chi connectivity index (χ4n) is 1.09. The summed E-state index contributed by atoms with van der Waals surface area (Å²) in [5, 5.41) is 19.8. The summed E-state index contributed by atoms with van der Waals surface area (Å²) in [6, 6.07) is 2.88. The van der Waals surface area contributed by atoms with Gasteiger partial charge in [-0.05, 0) is 12.1 Å².